The number of rotatable bonds is 2. The zero-order valence-corrected chi connectivity index (χ0v) is 8.00. The lowest BCUT2D eigenvalue weighted by molar-refractivity contribution is 0.133. The van der Waals surface area contributed by atoms with Crippen LogP contribution in [0.5, 0.6) is 0 Å². The van der Waals surface area contributed by atoms with Crippen LogP contribution in [0.25, 0.3) is 0 Å². The maximum absolute atomic E-state index is 5.78. The molecule has 1 aliphatic heterocycles. The van der Waals surface area contributed by atoms with Crippen LogP contribution in [0.3, 0.4) is 0 Å². The van der Waals surface area contributed by atoms with Gasteiger partial charge < -0.3 is 5.73 Å². The molecule has 2 nitrogen and oxygen atoms in total. The molecule has 1 atom stereocenters. The second kappa shape index (κ2) is 3.35. The Hall–Kier alpha value is -0.0800. The highest BCUT2D eigenvalue weighted by Gasteiger charge is 2.34. The largest absolute Gasteiger partial charge is 0.328 e. The molecule has 1 heterocycles. The molecule has 2 N–H and O–H groups in total. The predicted octanol–water partition coefficient (Wildman–Crippen LogP) is 1.21. The molecule has 1 aliphatic carbocycles. The molecule has 0 aromatic heterocycles. The van der Waals surface area contributed by atoms with Crippen LogP contribution in [0.2, 0.25) is 0 Å². The molecule has 0 aromatic rings. The maximum atomic E-state index is 5.78. The Kier molecular flexibility index (Phi) is 2.37. The van der Waals surface area contributed by atoms with Gasteiger partial charge in [0.05, 0.1) is 0 Å². The van der Waals surface area contributed by atoms with E-state index in [4.69, 9.17) is 5.73 Å². The van der Waals surface area contributed by atoms with Crippen LogP contribution in [-0.4, -0.2) is 30.1 Å². The van der Waals surface area contributed by atoms with Gasteiger partial charge in [-0.3, -0.25) is 4.90 Å². The first-order chi connectivity index (χ1) is 5.79. The van der Waals surface area contributed by atoms with E-state index < -0.39 is 0 Å². The minimum atomic E-state index is 0.510. The minimum absolute atomic E-state index is 0.510. The molecule has 1 saturated carbocycles. The Labute approximate surface area is 75.1 Å². The lowest BCUT2D eigenvalue weighted by Crippen LogP contribution is -2.49. The summed E-state index contributed by atoms with van der Waals surface area (Å²) < 4.78 is 0. The zero-order valence-electron chi connectivity index (χ0n) is 8.00. The van der Waals surface area contributed by atoms with Crippen molar-refractivity contribution in [2.75, 3.05) is 13.1 Å². The highest BCUT2D eigenvalue weighted by atomic mass is 15.2. The lowest BCUT2D eigenvalue weighted by Gasteiger charge is -2.39. The topological polar surface area (TPSA) is 29.3 Å². The number of hydrogen-bond acceptors (Lipinski definition) is 2. The van der Waals surface area contributed by atoms with Crippen LogP contribution in [0.15, 0.2) is 0 Å². The molecular weight excluding hydrogens is 148 g/mol. The van der Waals surface area contributed by atoms with E-state index in [1.807, 2.05) is 0 Å². The average molecular weight is 168 g/mol. The van der Waals surface area contributed by atoms with Crippen molar-refractivity contribution in [1.82, 2.24) is 4.90 Å². The molecule has 70 valence electrons. The fourth-order valence-corrected chi connectivity index (χ4v) is 2.46. The van der Waals surface area contributed by atoms with Gasteiger partial charge in [0.25, 0.3) is 0 Å². The molecular formula is C10H20N2. The highest BCUT2D eigenvalue weighted by Crippen LogP contribution is 2.29. The molecule has 2 fully saturated rings. The van der Waals surface area contributed by atoms with E-state index in [0.29, 0.717) is 6.04 Å². The van der Waals surface area contributed by atoms with E-state index in [1.54, 1.807) is 0 Å². The molecule has 1 saturated heterocycles. The predicted molar refractivity (Wildman–Crippen MR) is 51.0 cm³/mol. The lowest BCUT2D eigenvalue weighted by atomic mass is 9.86. The van der Waals surface area contributed by atoms with Gasteiger partial charge in [0.2, 0.25) is 0 Å². The molecule has 0 aromatic carbocycles. The van der Waals surface area contributed by atoms with Crippen molar-refractivity contribution in [2.45, 2.75) is 44.7 Å². The minimum Gasteiger partial charge on any atom is -0.328 e. The maximum Gasteiger partial charge on any atom is 0.0125 e. The summed E-state index contributed by atoms with van der Waals surface area (Å²) in [6, 6.07) is 1.35. The Bertz CT molecular complexity index is 152. The van der Waals surface area contributed by atoms with Gasteiger partial charge in [-0.15, -0.1) is 0 Å². The molecule has 2 aliphatic rings. The van der Waals surface area contributed by atoms with Crippen LogP contribution in [0.1, 0.15) is 32.6 Å². The van der Waals surface area contributed by atoms with E-state index in [1.165, 1.54) is 38.8 Å². The van der Waals surface area contributed by atoms with Gasteiger partial charge in [-0.1, -0.05) is 13.3 Å². The molecule has 2 rings (SSSR count). The molecule has 2 heteroatoms. The van der Waals surface area contributed by atoms with Crippen molar-refractivity contribution in [3.05, 3.63) is 0 Å². The van der Waals surface area contributed by atoms with Crippen LogP contribution < -0.4 is 5.73 Å². The number of hydrogen-bond donors (Lipinski definition) is 1. The summed E-state index contributed by atoms with van der Waals surface area (Å²) in [5.74, 6) is 0.974. The first kappa shape index (κ1) is 8.52. The number of nitrogens with two attached hydrogens (primary N) is 1. The van der Waals surface area contributed by atoms with E-state index in [-0.39, 0.29) is 0 Å². The second-order valence-electron chi connectivity index (χ2n) is 4.44. The Morgan fingerprint density at radius 2 is 2.17 bits per heavy atom. The monoisotopic (exact) mass is 168 g/mol. The van der Waals surface area contributed by atoms with Crippen molar-refractivity contribution in [3.63, 3.8) is 0 Å². The van der Waals surface area contributed by atoms with Crippen molar-refractivity contribution in [2.24, 2.45) is 11.7 Å². The fraction of sp³-hybridized carbons (Fsp3) is 1.00. The van der Waals surface area contributed by atoms with Crippen LogP contribution in [0.4, 0.5) is 0 Å². The first-order valence-corrected chi connectivity index (χ1v) is 5.29. The van der Waals surface area contributed by atoms with Gasteiger partial charge in [-0.05, 0) is 31.7 Å². The summed E-state index contributed by atoms with van der Waals surface area (Å²) in [6.45, 7) is 4.98. The van der Waals surface area contributed by atoms with Crippen molar-refractivity contribution in [1.29, 1.82) is 0 Å². The first-order valence-electron chi connectivity index (χ1n) is 5.29. The summed E-state index contributed by atoms with van der Waals surface area (Å²) >= 11 is 0. The number of nitrogens with zero attached hydrogens (tertiary/aromatic N) is 1. The third-order valence-corrected chi connectivity index (χ3v) is 3.56. The smallest absolute Gasteiger partial charge is 0.0125 e. The van der Waals surface area contributed by atoms with Crippen molar-refractivity contribution in [3.8, 4) is 0 Å². The van der Waals surface area contributed by atoms with Gasteiger partial charge >= 0.3 is 0 Å². The zero-order chi connectivity index (χ0) is 8.55. The molecule has 1 unspecified atom stereocenters. The Morgan fingerprint density at radius 1 is 1.42 bits per heavy atom. The quantitative estimate of drug-likeness (QED) is 0.671. The molecule has 0 spiro atoms. The van der Waals surface area contributed by atoms with Gasteiger partial charge in [-0.25, -0.2) is 0 Å². The third kappa shape index (κ3) is 1.50. The summed E-state index contributed by atoms with van der Waals surface area (Å²) in [4.78, 5) is 2.65. The Morgan fingerprint density at radius 3 is 2.67 bits per heavy atom. The van der Waals surface area contributed by atoms with Crippen LogP contribution in [-0.2, 0) is 0 Å². The molecule has 0 amide bonds. The van der Waals surface area contributed by atoms with E-state index in [0.717, 1.165) is 12.0 Å². The highest BCUT2D eigenvalue weighted by molar-refractivity contribution is 4.92. The molecule has 12 heavy (non-hydrogen) atoms. The standard InChI is InChI=1S/C10H20N2/c1-2-8-3-4-12(7-8)10-5-9(11)6-10/h8-10H,2-7,11H2,1H3. The van der Waals surface area contributed by atoms with Gasteiger partial charge in [-0.2, -0.15) is 0 Å². The van der Waals surface area contributed by atoms with Gasteiger partial charge in [0.15, 0.2) is 0 Å². The fourth-order valence-electron chi connectivity index (χ4n) is 2.46. The summed E-state index contributed by atoms with van der Waals surface area (Å²) in [7, 11) is 0. The normalized spacial score (nSPS) is 43.0. The SMILES string of the molecule is CCC1CCN(C2CC(N)C2)C1. The molecule has 0 bridgehead atoms. The van der Waals surface area contributed by atoms with Crippen LogP contribution >= 0.6 is 0 Å². The summed E-state index contributed by atoms with van der Waals surface area (Å²) in [6.07, 6.45) is 5.27. The van der Waals surface area contributed by atoms with E-state index in [9.17, 15) is 0 Å². The van der Waals surface area contributed by atoms with Gasteiger partial charge in [0.1, 0.15) is 0 Å². The third-order valence-electron chi connectivity index (χ3n) is 3.56. The van der Waals surface area contributed by atoms with Crippen molar-refractivity contribution < 1.29 is 0 Å². The van der Waals surface area contributed by atoms with Crippen LogP contribution in [0, 0.1) is 5.92 Å². The van der Waals surface area contributed by atoms with Crippen molar-refractivity contribution >= 4 is 0 Å². The summed E-state index contributed by atoms with van der Waals surface area (Å²) in [5, 5.41) is 0. The second-order valence-corrected chi connectivity index (χ2v) is 4.44. The van der Waals surface area contributed by atoms with E-state index in [2.05, 4.69) is 11.8 Å². The average Bonchev–Trinajstić information content (AvgIpc) is 2.46. The van der Waals surface area contributed by atoms with E-state index >= 15 is 0 Å². The molecule has 0 radical (unpaired) electrons. The number of likely N-dealkylation sites (tertiary alicyclic amines) is 1. The Balaban J connectivity index is 1.76. The summed E-state index contributed by atoms with van der Waals surface area (Å²) in [5.41, 5.74) is 5.78. The van der Waals surface area contributed by atoms with Gasteiger partial charge in [0, 0.05) is 18.6 Å².